The first-order chi connectivity index (χ1) is 5.42. The number of carboxylic acids is 1. The van der Waals surface area contributed by atoms with E-state index < -0.39 is 12.1 Å². The molecule has 74 valence electrons. The number of aliphatic hydroxyl groups is 2. The van der Waals surface area contributed by atoms with E-state index in [1.165, 1.54) is 13.8 Å². The lowest BCUT2D eigenvalue weighted by molar-refractivity contribution is -0.134. The Bertz CT molecular complexity index is 96.0. The SMILES string of the molecule is CC(=O)O.CC(O)CO.CC=O. The van der Waals surface area contributed by atoms with Crippen LogP contribution in [0, 0.1) is 0 Å². The van der Waals surface area contributed by atoms with Gasteiger partial charge in [-0.15, -0.1) is 0 Å². The molecule has 0 aromatic heterocycles. The fourth-order valence-corrected chi connectivity index (χ4v) is 0. The highest BCUT2D eigenvalue weighted by Crippen LogP contribution is 1.68. The van der Waals surface area contributed by atoms with Gasteiger partial charge in [-0.3, -0.25) is 4.79 Å². The Morgan fingerprint density at radius 3 is 1.67 bits per heavy atom. The van der Waals surface area contributed by atoms with Gasteiger partial charge in [0.05, 0.1) is 12.7 Å². The molecule has 0 aromatic carbocycles. The average molecular weight is 180 g/mol. The van der Waals surface area contributed by atoms with E-state index in [1.54, 1.807) is 0 Å². The summed E-state index contributed by atoms with van der Waals surface area (Å²) in [4.78, 5) is 17.8. The Morgan fingerprint density at radius 2 is 1.67 bits per heavy atom. The lowest BCUT2D eigenvalue weighted by Crippen LogP contribution is -2.03. The molecule has 0 aliphatic carbocycles. The summed E-state index contributed by atoms with van der Waals surface area (Å²) < 4.78 is 0. The first-order valence-electron chi connectivity index (χ1n) is 3.30. The molecule has 0 heterocycles. The normalized spacial score (nSPS) is 9.42. The highest BCUT2D eigenvalue weighted by molar-refractivity contribution is 5.62. The Kier molecular flexibility index (Phi) is 23.8. The molecule has 0 amide bonds. The molecule has 0 aliphatic rings. The number of hydrogen-bond donors (Lipinski definition) is 3. The summed E-state index contributed by atoms with van der Waals surface area (Å²) in [5.41, 5.74) is 0. The zero-order valence-electron chi connectivity index (χ0n) is 7.52. The van der Waals surface area contributed by atoms with Gasteiger partial charge < -0.3 is 20.1 Å². The van der Waals surface area contributed by atoms with Gasteiger partial charge in [0.2, 0.25) is 0 Å². The molecule has 0 aliphatic heterocycles. The Balaban J connectivity index is -0.000000105. The molecule has 0 bridgehead atoms. The number of hydrogen-bond acceptors (Lipinski definition) is 4. The predicted molar refractivity (Wildman–Crippen MR) is 43.8 cm³/mol. The van der Waals surface area contributed by atoms with Gasteiger partial charge in [0.15, 0.2) is 0 Å². The third-order valence-electron chi connectivity index (χ3n) is 0.264. The van der Waals surface area contributed by atoms with Crippen LogP contribution in [0.4, 0.5) is 0 Å². The van der Waals surface area contributed by atoms with Crippen molar-refractivity contribution in [3.63, 3.8) is 0 Å². The summed E-state index contributed by atoms with van der Waals surface area (Å²) >= 11 is 0. The van der Waals surface area contributed by atoms with Crippen LogP contribution in [0.25, 0.3) is 0 Å². The molecule has 1 unspecified atom stereocenters. The van der Waals surface area contributed by atoms with E-state index in [4.69, 9.17) is 24.9 Å². The van der Waals surface area contributed by atoms with Gasteiger partial charge in [0.1, 0.15) is 6.29 Å². The second kappa shape index (κ2) is 16.6. The minimum absolute atomic E-state index is 0.139. The minimum atomic E-state index is -0.833. The maximum Gasteiger partial charge on any atom is 0.300 e. The van der Waals surface area contributed by atoms with Crippen molar-refractivity contribution in [1.29, 1.82) is 0 Å². The second-order valence-corrected chi connectivity index (χ2v) is 1.79. The van der Waals surface area contributed by atoms with Crippen molar-refractivity contribution in [2.75, 3.05) is 6.61 Å². The van der Waals surface area contributed by atoms with Crippen LogP contribution in [0.1, 0.15) is 20.8 Å². The fourth-order valence-electron chi connectivity index (χ4n) is 0. The molecule has 0 aromatic rings. The standard InChI is InChI=1S/C3H8O2.C2H4O2.C2H4O/c1-3(5)2-4;1-2(3)4;1-2-3/h3-5H,2H2,1H3;1H3,(H,3,4);2H,1H3. The van der Waals surface area contributed by atoms with Gasteiger partial charge in [0.25, 0.3) is 5.97 Å². The van der Waals surface area contributed by atoms with E-state index >= 15 is 0 Å². The highest BCUT2D eigenvalue weighted by atomic mass is 16.4. The van der Waals surface area contributed by atoms with Gasteiger partial charge in [-0.05, 0) is 13.8 Å². The monoisotopic (exact) mass is 180 g/mol. The summed E-state index contributed by atoms with van der Waals surface area (Å²) in [5.74, 6) is -0.833. The molecule has 0 rings (SSSR count). The number of aliphatic carboxylic acids is 1. The minimum Gasteiger partial charge on any atom is -0.481 e. The van der Waals surface area contributed by atoms with E-state index in [-0.39, 0.29) is 6.61 Å². The maximum absolute atomic E-state index is 9.00. The summed E-state index contributed by atoms with van der Waals surface area (Å²) in [6.45, 7) is 3.92. The zero-order chi connectivity index (χ0) is 10.6. The maximum atomic E-state index is 9.00. The molecule has 0 saturated heterocycles. The second-order valence-electron chi connectivity index (χ2n) is 1.79. The Morgan fingerprint density at radius 1 is 1.58 bits per heavy atom. The van der Waals surface area contributed by atoms with Gasteiger partial charge in [0, 0.05) is 6.92 Å². The van der Waals surface area contributed by atoms with Crippen LogP contribution in [0.3, 0.4) is 0 Å². The molecular weight excluding hydrogens is 164 g/mol. The van der Waals surface area contributed by atoms with E-state index in [9.17, 15) is 0 Å². The summed E-state index contributed by atoms with van der Waals surface area (Å²) in [5, 5.41) is 23.4. The van der Waals surface area contributed by atoms with Gasteiger partial charge in [-0.25, -0.2) is 0 Å². The van der Waals surface area contributed by atoms with Gasteiger partial charge >= 0.3 is 0 Å². The fraction of sp³-hybridized carbons (Fsp3) is 0.714. The number of carbonyl (C=O) groups is 2. The van der Waals surface area contributed by atoms with Crippen LogP contribution in [-0.2, 0) is 9.59 Å². The quantitative estimate of drug-likeness (QED) is 0.480. The molecular formula is C7H16O5. The van der Waals surface area contributed by atoms with Crippen molar-refractivity contribution in [2.24, 2.45) is 0 Å². The third kappa shape index (κ3) is 524. The van der Waals surface area contributed by atoms with Crippen LogP contribution in [0.2, 0.25) is 0 Å². The number of aldehydes is 1. The molecule has 0 radical (unpaired) electrons. The van der Waals surface area contributed by atoms with Gasteiger partial charge in [-0.1, -0.05) is 0 Å². The van der Waals surface area contributed by atoms with Crippen molar-refractivity contribution in [3.8, 4) is 0 Å². The van der Waals surface area contributed by atoms with Crippen molar-refractivity contribution in [3.05, 3.63) is 0 Å². The lowest BCUT2D eigenvalue weighted by atomic mass is 10.5. The van der Waals surface area contributed by atoms with Crippen LogP contribution in [0.15, 0.2) is 0 Å². The van der Waals surface area contributed by atoms with Crippen molar-refractivity contribution >= 4 is 12.3 Å². The molecule has 3 N–H and O–H groups in total. The number of rotatable bonds is 1. The molecule has 12 heavy (non-hydrogen) atoms. The first-order valence-corrected chi connectivity index (χ1v) is 3.30. The lowest BCUT2D eigenvalue weighted by Gasteiger charge is -1.90. The van der Waals surface area contributed by atoms with Crippen LogP contribution in [0.5, 0.6) is 0 Å². The average Bonchev–Trinajstić information content (AvgIpc) is 1.88. The number of carboxylic acid groups (broad SMARTS) is 1. The smallest absolute Gasteiger partial charge is 0.300 e. The summed E-state index contributed by atoms with van der Waals surface area (Å²) in [7, 11) is 0. The Hall–Kier alpha value is -0.940. The zero-order valence-corrected chi connectivity index (χ0v) is 7.52. The molecule has 0 fully saturated rings. The topological polar surface area (TPSA) is 94.8 Å². The molecule has 5 nitrogen and oxygen atoms in total. The highest BCUT2D eigenvalue weighted by Gasteiger charge is 1.83. The van der Waals surface area contributed by atoms with E-state index in [0.29, 0.717) is 0 Å². The van der Waals surface area contributed by atoms with Crippen molar-refractivity contribution < 1.29 is 24.9 Å². The van der Waals surface area contributed by atoms with Crippen LogP contribution in [-0.4, -0.2) is 40.3 Å². The van der Waals surface area contributed by atoms with Gasteiger partial charge in [-0.2, -0.15) is 0 Å². The number of carbonyl (C=O) groups excluding carboxylic acids is 1. The molecule has 1 atom stereocenters. The van der Waals surface area contributed by atoms with E-state index in [0.717, 1.165) is 13.2 Å². The number of aliphatic hydroxyl groups excluding tert-OH is 2. The predicted octanol–water partition coefficient (Wildman–Crippen LogP) is -0.344. The van der Waals surface area contributed by atoms with Crippen molar-refractivity contribution in [2.45, 2.75) is 26.9 Å². The summed E-state index contributed by atoms with van der Waals surface area (Å²) in [6, 6.07) is 0. The van der Waals surface area contributed by atoms with E-state index in [2.05, 4.69) is 0 Å². The summed E-state index contributed by atoms with van der Waals surface area (Å²) in [6.07, 6.45) is 0.190. The van der Waals surface area contributed by atoms with Crippen LogP contribution < -0.4 is 0 Å². The molecule has 5 heteroatoms. The molecule has 0 saturated carbocycles. The Labute approximate surface area is 71.6 Å². The third-order valence-corrected chi connectivity index (χ3v) is 0.264. The van der Waals surface area contributed by atoms with Crippen LogP contribution >= 0.6 is 0 Å². The molecule has 0 spiro atoms. The van der Waals surface area contributed by atoms with Crippen molar-refractivity contribution in [1.82, 2.24) is 0 Å². The first kappa shape index (κ1) is 17.2. The largest absolute Gasteiger partial charge is 0.481 e. The van der Waals surface area contributed by atoms with E-state index in [1.807, 2.05) is 0 Å².